The van der Waals surface area contributed by atoms with Gasteiger partial charge in [-0.05, 0) is 25.2 Å². The average Bonchev–Trinajstić information content (AvgIpc) is 2.17. The van der Waals surface area contributed by atoms with E-state index in [1.54, 1.807) is 0 Å². The molecule has 3 unspecified atom stereocenters. The van der Waals surface area contributed by atoms with Crippen molar-refractivity contribution in [3.8, 4) is 0 Å². The first-order valence-corrected chi connectivity index (χ1v) is 4.57. The zero-order valence-electron chi connectivity index (χ0n) is 5.76. The maximum absolute atomic E-state index is 10.2. The van der Waals surface area contributed by atoms with E-state index in [1.165, 1.54) is 19.3 Å². The molecule has 0 spiro atoms. The first kappa shape index (κ1) is 7.46. The highest BCUT2D eigenvalue weighted by atomic mass is 31.1. The monoisotopic (exact) mass is 147 g/mol. The van der Waals surface area contributed by atoms with E-state index in [2.05, 4.69) is 12.0 Å². The molecule has 0 aromatic carbocycles. The fourth-order valence-corrected chi connectivity index (χ4v) is 1.95. The zero-order chi connectivity index (χ0) is 6.69. The molecule has 1 rings (SSSR count). The van der Waals surface area contributed by atoms with Crippen molar-refractivity contribution >= 4 is 8.96 Å². The predicted octanol–water partition coefficient (Wildman–Crippen LogP) is 0.366. The number of nitrogens with one attached hydrogen (secondary N) is 1. The molecule has 3 atom stereocenters. The van der Waals surface area contributed by atoms with Crippen LogP contribution in [0.25, 0.3) is 0 Å². The lowest BCUT2D eigenvalue weighted by atomic mass is 10.1. The van der Waals surface area contributed by atoms with Crippen molar-refractivity contribution < 1.29 is 4.89 Å². The Balaban J connectivity index is 2.14. The van der Waals surface area contributed by atoms with Crippen LogP contribution in [-0.2, 0) is 0 Å². The lowest BCUT2D eigenvalue weighted by Gasteiger charge is -2.06. The van der Waals surface area contributed by atoms with Crippen LogP contribution >= 0.6 is 8.96 Å². The molecule has 0 aliphatic heterocycles. The second kappa shape index (κ2) is 3.50. The standard InChI is InChI=1S/C6H14NOP/c1-5-2-3-6(4-5)7-9-8/h5-7H,2-4,9H2,1H3. The van der Waals surface area contributed by atoms with E-state index in [0.29, 0.717) is 6.04 Å². The van der Waals surface area contributed by atoms with Gasteiger partial charge in [0.05, 0.1) is 0 Å². The third-order valence-corrected chi connectivity index (χ3v) is 2.61. The quantitative estimate of drug-likeness (QED) is 0.572. The van der Waals surface area contributed by atoms with Crippen molar-refractivity contribution in [1.29, 1.82) is 0 Å². The summed E-state index contributed by atoms with van der Waals surface area (Å²) >= 11 is 0. The molecule has 2 nitrogen and oxygen atoms in total. The Kier molecular flexibility index (Phi) is 2.90. The molecule has 0 bridgehead atoms. The molecule has 1 saturated carbocycles. The summed E-state index contributed by atoms with van der Waals surface area (Å²) in [5, 5.41) is 3.00. The molecule has 9 heavy (non-hydrogen) atoms. The van der Waals surface area contributed by atoms with Gasteiger partial charge in [0.1, 0.15) is 0 Å². The summed E-state index contributed by atoms with van der Waals surface area (Å²) < 4.78 is 0. The van der Waals surface area contributed by atoms with Crippen molar-refractivity contribution in [3.63, 3.8) is 0 Å². The van der Waals surface area contributed by atoms with Crippen LogP contribution in [0.4, 0.5) is 0 Å². The van der Waals surface area contributed by atoms with E-state index in [-0.39, 0.29) is 0 Å². The van der Waals surface area contributed by atoms with Crippen molar-refractivity contribution in [2.45, 2.75) is 32.2 Å². The fourth-order valence-electron chi connectivity index (χ4n) is 1.45. The summed E-state index contributed by atoms with van der Waals surface area (Å²) in [6, 6.07) is 0.562. The van der Waals surface area contributed by atoms with Crippen LogP contribution < -0.4 is 9.98 Å². The molecular formula is C6H14NOP. The largest absolute Gasteiger partial charge is 0.669 e. The summed E-state index contributed by atoms with van der Waals surface area (Å²) in [7, 11) is -0.728. The van der Waals surface area contributed by atoms with Gasteiger partial charge in [0.25, 0.3) is 0 Å². The van der Waals surface area contributed by atoms with Gasteiger partial charge >= 0.3 is 0 Å². The SMILES string of the molecule is CC1CCC(N[PH2+][O-])C1. The van der Waals surface area contributed by atoms with Gasteiger partial charge in [0.15, 0.2) is 0 Å². The molecule has 0 aromatic heterocycles. The van der Waals surface area contributed by atoms with Gasteiger partial charge in [0, 0.05) is 15.0 Å². The molecule has 1 aliphatic rings. The topological polar surface area (TPSA) is 35.1 Å². The highest BCUT2D eigenvalue weighted by Crippen LogP contribution is 2.25. The van der Waals surface area contributed by atoms with Crippen LogP contribution in [0.5, 0.6) is 0 Å². The van der Waals surface area contributed by atoms with E-state index < -0.39 is 8.96 Å². The molecule has 1 aliphatic carbocycles. The Morgan fingerprint density at radius 1 is 1.56 bits per heavy atom. The van der Waals surface area contributed by atoms with Gasteiger partial charge in [-0.25, -0.2) is 0 Å². The van der Waals surface area contributed by atoms with Crippen LogP contribution in [0, 0.1) is 5.92 Å². The van der Waals surface area contributed by atoms with E-state index in [1.807, 2.05) is 0 Å². The van der Waals surface area contributed by atoms with Crippen LogP contribution in [0.3, 0.4) is 0 Å². The second-order valence-corrected chi connectivity index (χ2v) is 3.47. The van der Waals surface area contributed by atoms with Crippen LogP contribution in [-0.4, -0.2) is 6.04 Å². The number of hydrogen-bond donors (Lipinski definition) is 1. The smallest absolute Gasteiger partial charge is 0.0409 e. The fraction of sp³-hybridized carbons (Fsp3) is 1.00. The van der Waals surface area contributed by atoms with E-state index in [0.717, 1.165) is 5.92 Å². The Hall–Kier alpha value is 0.350. The van der Waals surface area contributed by atoms with Crippen LogP contribution in [0.2, 0.25) is 0 Å². The second-order valence-electron chi connectivity index (χ2n) is 2.90. The lowest BCUT2D eigenvalue weighted by Crippen LogP contribution is -2.20. The molecule has 0 radical (unpaired) electrons. The molecule has 0 heterocycles. The maximum atomic E-state index is 10.2. The molecule has 0 aromatic rings. The Morgan fingerprint density at radius 2 is 2.33 bits per heavy atom. The Morgan fingerprint density at radius 3 is 2.78 bits per heavy atom. The average molecular weight is 147 g/mol. The van der Waals surface area contributed by atoms with Gasteiger partial charge in [-0.1, -0.05) is 6.92 Å². The summed E-state index contributed by atoms with van der Waals surface area (Å²) in [5.74, 6) is 0.841. The van der Waals surface area contributed by atoms with Gasteiger partial charge < -0.3 is 4.89 Å². The molecule has 1 N–H and O–H groups in total. The van der Waals surface area contributed by atoms with Gasteiger partial charge in [-0.2, -0.15) is 5.09 Å². The molecule has 54 valence electrons. The summed E-state index contributed by atoms with van der Waals surface area (Å²) in [4.78, 5) is 10.2. The summed E-state index contributed by atoms with van der Waals surface area (Å²) in [5.41, 5.74) is 0. The number of hydrogen-bond acceptors (Lipinski definition) is 2. The van der Waals surface area contributed by atoms with Crippen LogP contribution in [0.15, 0.2) is 0 Å². The molecular weight excluding hydrogens is 133 g/mol. The van der Waals surface area contributed by atoms with Crippen molar-refractivity contribution in [1.82, 2.24) is 5.09 Å². The van der Waals surface area contributed by atoms with Gasteiger partial charge in [-0.15, -0.1) is 0 Å². The first-order valence-electron chi connectivity index (χ1n) is 3.52. The van der Waals surface area contributed by atoms with Crippen LogP contribution in [0.1, 0.15) is 26.2 Å². The molecule has 0 saturated heterocycles. The van der Waals surface area contributed by atoms with E-state index in [4.69, 9.17) is 0 Å². The minimum atomic E-state index is -0.728. The third kappa shape index (κ3) is 2.21. The van der Waals surface area contributed by atoms with E-state index >= 15 is 0 Å². The molecule has 1 fully saturated rings. The molecule has 0 amide bonds. The zero-order valence-corrected chi connectivity index (χ0v) is 6.92. The minimum absolute atomic E-state index is 0.562. The lowest BCUT2D eigenvalue weighted by molar-refractivity contribution is -0.153. The first-order chi connectivity index (χ1) is 4.33. The van der Waals surface area contributed by atoms with Crippen molar-refractivity contribution in [2.24, 2.45) is 5.92 Å². The summed E-state index contributed by atoms with van der Waals surface area (Å²) in [6.45, 7) is 2.25. The van der Waals surface area contributed by atoms with Gasteiger partial charge in [0.2, 0.25) is 0 Å². The minimum Gasteiger partial charge on any atom is -0.669 e. The predicted molar refractivity (Wildman–Crippen MR) is 39.6 cm³/mol. The Labute approximate surface area is 58.0 Å². The molecule has 3 heteroatoms. The maximum Gasteiger partial charge on any atom is 0.0409 e. The highest BCUT2D eigenvalue weighted by Gasteiger charge is 2.20. The van der Waals surface area contributed by atoms with Gasteiger partial charge in [-0.3, -0.25) is 0 Å². The third-order valence-electron chi connectivity index (χ3n) is 2.00. The van der Waals surface area contributed by atoms with Crippen molar-refractivity contribution in [2.75, 3.05) is 0 Å². The van der Waals surface area contributed by atoms with E-state index in [9.17, 15) is 4.89 Å². The number of rotatable bonds is 2. The van der Waals surface area contributed by atoms with Crippen molar-refractivity contribution in [3.05, 3.63) is 0 Å². The highest BCUT2D eigenvalue weighted by molar-refractivity contribution is 7.26. The summed E-state index contributed by atoms with van der Waals surface area (Å²) in [6.07, 6.45) is 3.74. The Bertz CT molecular complexity index is 87.1. The normalized spacial score (nSPS) is 36.7.